The van der Waals surface area contributed by atoms with E-state index in [0.717, 1.165) is 17.7 Å². The number of nitrogens with zero attached hydrogens (tertiary/aromatic N) is 2. The second-order valence-electron chi connectivity index (χ2n) is 4.46. The van der Waals surface area contributed by atoms with Gasteiger partial charge in [0, 0.05) is 31.9 Å². The number of hydrogen-bond acceptors (Lipinski definition) is 3. The highest BCUT2D eigenvalue weighted by atomic mass is 16.1. The second kappa shape index (κ2) is 6.04. The van der Waals surface area contributed by atoms with Crippen LogP contribution in [0.2, 0.25) is 0 Å². The van der Waals surface area contributed by atoms with E-state index < -0.39 is 0 Å². The molecule has 0 fully saturated rings. The molecule has 0 bridgehead atoms. The summed E-state index contributed by atoms with van der Waals surface area (Å²) in [5.74, 6) is -0.0196. The van der Waals surface area contributed by atoms with Gasteiger partial charge in [0.05, 0.1) is 12.1 Å². The van der Waals surface area contributed by atoms with E-state index in [1.807, 2.05) is 37.5 Å². The van der Waals surface area contributed by atoms with Crippen molar-refractivity contribution in [2.24, 2.45) is 7.05 Å². The molecule has 100 valence electrons. The van der Waals surface area contributed by atoms with Crippen molar-refractivity contribution in [1.29, 1.82) is 0 Å². The third-order valence-corrected chi connectivity index (χ3v) is 2.88. The number of nitrogen functional groups attached to an aromatic ring is 1. The van der Waals surface area contributed by atoms with Gasteiger partial charge in [0.1, 0.15) is 0 Å². The number of nitrogens with two attached hydrogens (primary N) is 1. The lowest BCUT2D eigenvalue weighted by molar-refractivity contribution is -0.120. The highest BCUT2D eigenvalue weighted by Crippen LogP contribution is 2.10. The van der Waals surface area contributed by atoms with E-state index >= 15 is 0 Å². The first-order valence-corrected chi connectivity index (χ1v) is 6.24. The van der Waals surface area contributed by atoms with Crippen LogP contribution in [0.25, 0.3) is 0 Å². The summed E-state index contributed by atoms with van der Waals surface area (Å²) in [4.78, 5) is 11.8. The van der Waals surface area contributed by atoms with Crippen LogP contribution >= 0.6 is 0 Å². The van der Waals surface area contributed by atoms with Gasteiger partial charge in [-0.1, -0.05) is 18.2 Å². The zero-order chi connectivity index (χ0) is 13.7. The lowest BCUT2D eigenvalue weighted by Gasteiger charge is -2.06. The Morgan fingerprint density at radius 2 is 2.16 bits per heavy atom. The number of amides is 1. The van der Waals surface area contributed by atoms with E-state index in [-0.39, 0.29) is 5.91 Å². The van der Waals surface area contributed by atoms with Gasteiger partial charge in [0.15, 0.2) is 0 Å². The molecule has 0 radical (unpaired) electrons. The maximum absolute atomic E-state index is 11.8. The SMILES string of the molecule is Cn1ccc(CCNC(=O)Cc2ccccc2N)n1. The average Bonchev–Trinajstić information content (AvgIpc) is 2.78. The Kier molecular flexibility index (Phi) is 4.18. The summed E-state index contributed by atoms with van der Waals surface area (Å²) in [6.45, 7) is 0.586. The predicted octanol–water partition coefficient (Wildman–Crippen LogP) is 0.904. The van der Waals surface area contributed by atoms with E-state index in [1.54, 1.807) is 10.7 Å². The van der Waals surface area contributed by atoms with Crippen LogP contribution in [0.15, 0.2) is 36.5 Å². The minimum Gasteiger partial charge on any atom is -0.398 e. The van der Waals surface area contributed by atoms with Crippen LogP contribution in [0.5, 0.6) is 0 Å². The summed E-state index contributed by atoms with van der Waals surface area (Å²) in [6, 6.07) is 9.36. The van der Waals surface area contributed by atoms with Gasteiger partial charge in [-0.25, -0.2) is 0 Å². The normalized spacial score (nSPS) is 10.4. The molecule has 0 aliphatic rings. The maximum atomic E-state index is 11.8. The number of carbonyl (C=O) groups is 1. The third-order valence-electron chi connectivity index (χ3n) is 2.88. The van der Waals surface area contributed by atoms with Crippen molar-refractivity contribution < 1.29 is 4.79 Å². The van der Waals surface area contributed by atoms with Crippen molar-refractivity contribution in [2.75, 3.05) is 12.3 Å². The van der Waals surface area contributed by atoms with Crippen LogP contribution in [0.3, 0.4) is 0 Å². The minimum absolute atomic E-state index is 0.0196. The molecule has 1 heterocycles. The summed E-state index contributed by atoms with van der Waals surface area (Å²) in [7, 11) is 1.88. The molecule has 5 nitrogen and oxygen atoms in total. The summed E-state index contributed by atoms with van der Waals surface area (Å²) in [5.41, 5.74) is 8.29. The zero-order valence-corrected chi connectivity index (χ0v) is 11.0. The first-order chi connectivity index (χ1) is 9.15. The molecule has 2 aromatic rings. The Morgan fingerprint density at radius 3 is 2.84 bits per heavy atom. The lowest BCUT2D eigenvalue weighted by Crippen LogP contribution is -2.27. The summed E-state index contributed by atoms with van der Waals surface area (Å²) < 4.78 is 1.75. The van der Waals surface area contributed by atoms with E-state index in [2.05, 4.69) is 10.4 Å². The minimum atomic E-state index is -0.0196. The van der Waals surface area contributed by atoms with E-state index in [0.29, 0.717) is 18.7 Å². The molecule has 3 N–H and O–H groups in total. The maximum Gasteiger partial charge on any atom is 0.224 e. The highest BCUT2D eigenvalue weighted by molar-refractivity contribution is 5.80. The number of benzene rings is 1. The smallest absolute Gasteiger partial charge is 0.224 e. The Hall–Kier alpha value is -2.30. The fraction of sp³-hybridized carbons (Fsp3) is 0.286. The molecule has 0 spiro atoms. The van der Waals surface area contributed by atoms with Crippen LogP contribution in [0.1, 0.15) is 11.3 Å². The van der Waals surface area contributed by atoms with Gasteiger partial charge in [-0.05, 0) is 17.7 Å². The largest absolute Gasteiger partial charge is 0.398 e. The molecule has 19 heavy (non-hydrogen) atoms. The molecule has 0 aliphatic heterocycles. The first kappa shape index (κ1) is 13.1. The number of anilines is 1. The van der Waals surface area contributed by atoms with Crippen molar-refractivity contribution in [1.82, 2.24) is 15.1 Å². The molecule has 0 atom stereocenters. The third kappa shape index (κ3) is 3.84. The standard InChI is InChI=1S/C14H18N4O/c1-18-9-7-12(17-18)6-8-16-14(19)10-11-4-2-3-5-13(11)15/h2-5,7,9H,6,8,10,15H2,1H3,(H,16,19). The molecule has 1 aromatic heterocycles. The molecule has 1 aromatic carbocycles. The molecule has 5 heteroatoms. The second-order valence-corrected chi connectivity index (χ2v) is 4.46. The molecule has 0 saturated heterocycles. The number of carbonyl (C=O) groups excluding carboxylic acids is 1. The van der Waals surface area contributed by atoms with E-state index in [9.17, 15) is 4.79 Å². The molecule has 2 rings (SSSR count). The van der Waals surface area contributed by atoms with Gasteiger partial charge in [0.2, 0.25) is 5.91 Å². The monoisotopic (exact) mass is 258 g/mol. The number of rotatable bonds is 5. The van der Waals surface area contributed by atoms with E-state index in [4.69, 9.17) is 5.73 Å². The van der Waals surface area contributed by atoms with Crippen LogP contribution in [0.4, 0.5) is 5.69 Å². The average molecular weight is 258 g/mol. The van der Waals surface area contributed by atoms with Gasteiger partial charge >= 0.3 is 0 Å². The van der Waals surface area contributed by atoms with Crippen LogP contribution in [0, 0.1) is 0 Å². The lowest BCUT2D eigenvalue weighted by atomic mass is 10.1. The summed E-state index contributed by atoms with van der Waals surface area (Å²) in [6.07, 6.45) is 2.94. The molecular weight excluding hydrogens is 240 g/mol. The van der Waals surface area contributed by atoms with Gasteiger partial charge in [0.25, 0.3) is 0 Å². The fourth-order valence-electron chi connectivity index (χ4n) is 1.86. The summed E-state index contributed by atoms with van der Waals surface area (Å²) in [5, 5.41) is 7.12. The van der Waals surface area contributed by atoms with Gasteiger partial charge < -0.3 is 11.1 Å². The van der Waals surface area contributed by atoms with Crippen LogP contribution < -0.4 is 11.1 Å². The van der Waals surface area contributed by atoms with Crippen molar-refractivity contribution >= 4 is 11.6 Å². The first-order valence-electron chi connectivity index (χ1n) is 6.24. The highest BCUT2D eigenvalue weighted by Gasteiger charge is 2.05. The van der Waals surface area contributed by atoms with E-state index in [1.165, 1.54) is 0 Å². The quantitative estimate of drug-likeness (QED) is 0.783. The predicted molar refractivity (Wildman–Crippen MR) is 74.5 cm³/mol. The Bertz CT molecular complexity index is 562. The van der Waals surface area contributed by atoms with Crippen molar-refractivity contribution in [2.45, 2.75) is 12.8 Å². The molecule has 0 saturated carbocycles. The number of aryl methyl sites for hydroxylation is 1. The molecule has 0 unspecified atom stereocenters. The van der Waals surface area contributed by atoms with Crippen molar-refractivity contribution in [3.05, 3.63) is 47.8 Å². The zero-order valence-electron chi connectivity index (χ0n) is 11.0. The number of aromatic nitrogens is 2. The van der Waals surface area contributed by atoms with Crippen LogP contribution in [-0.4, -0.2) is 22.2 Å². The number of para-hydroxylation sites is 1. The van der Waals surface area contributed by atoms with Crippen LogP contribution in [-0.2, 0) is 24.7 Å². The fourth-order valence-corrected chi connectivity index (χ4v) is 1.86. The molecular formula is C14H18N4O. The molecule has 0 aliphatic carbocycles. The van der Waals surface area contributed by atoms with Gasteiger partial charge in [-0.15, -0.1) is 0 Å². The van der Waals surface area contributed by atoms with Crippen molar-refractivity contribution in [3.8, 4) is 0 Å². The number of nitrogens with one attached hydrogen (secondary N) is 1. The van der Waals surface area contributed by atoms with Gasteiger partial charge in [-0.2, -0.15) is 5.10 Å². The Balaban J connectivity index is 1.77. The topological polar surface area (TPSA) is 72.9 Å². The molecule has 1 amide bonds. The Morgan fingerprint density at radius 1 is 1.37 bits per heavy atom. The Labute approximate surface area is 112 Å². The van der Waals surface area contributed by atoms with Crippen molar-refractivity contribution in [3.63, 3.8) is 0 Å². The van der Waals surface area contributed by atoms with Gasteiger partial charge in [-0.3, -0.25) is 9.48 Å². The summed E-state index contributed by atoms with van der Waals surface area (Å²) >= 11 is 0. The number of hydrogen-bond donors (Lipinski definition) is 2.